The first-order valence-corrected chi connectivity index (χ1v) is 9.46. The molecule has 3 rings (SSSR count). The summed E-state index contributed by atoms with van der Waals surface area (Å²) in [4.78, 5) is 26.7. The second-order valence-corrected chi connectivity index (χ2v) is 6.86. The topological polar surface area (TPSA) is 77.1 Å². The van der Waals surface area contributed by atoms with Gasteiger partial charge in [-0.25, -0.2) is 9.59 Å². The maximum absolute atomic E-state index is 12.9. The summed E-state index contributed by atoms with van der Waals surface area (Å²) >= 11 is 0. The number of rotatable bonds is 6. The maximum atomic E-state index is 12.9. The number of benzene rings is 2. The summed E-state index contributed by atoms with van der Waals surface area (Å²) in [5.41, 5.74) is 3.08. The third kappa shape index (κ3) is 4.80. The first kappa shape index (κ1) is 20.5. The van der Waals surface area contributed by atoms with Crippen LogP contribution in [0.4, 0.5) is 4.79 Å². The van der Waals surface area contributed by atoms with Gasteiger partial charge < -0.3 is 24.4 Å². The van der Waals surface area contributed by atoms with Crippen molar-refractivity contribution in [3.63, 3.8) is 0 Å². The number of ether oxygens (including phenoxy) is 3. The van der Waals surface area contributed by atoms with Gasteiger partial charge in [0.2, 0.25) is 0 Å². The Morgan fingerprint density at radius 2 is 1.69 bits per heavy atom. The van der Waals surface area contributed by atoms with E-state index in [1.54, 1.807) is 19.1 Å². The van der Waals surface area contributed by atoms with Crippen molar-refractivity contribution in [2.45, 2.75) is 25.4 Å². The summed E-state index contributed by atoms with van der Waals surface area (Å²) in [5, 5.41) is 2.82. The highest BCUT2D eigenvalue weighted by Gasteiger charge is 2.27. The van der Waals surface area contributed by atoms with Crippen molar-refractivity contribution in [1.82, 2.24) is 10.2 Å². The first-order valence-electron chi connectivity index (χ1n) is 9.46. The number of esters is 1. The van der Waals surface area contributed by atoms with E-state index in [0.717, 1.165) is 16.7 Å². The summed E-state index contributed by atoms with van der Waals surface area (Å²) < 4.78 is 15.6. The standard InChI is InChI=1S/C22H26N2O5/c1-27-19-12-16-9-10-24(14-17(16)13-20(19)28-2)22(26)23-18(21(25)29-3)11-15-7-5-4-6-8-15/h4-8,12-13,18H,9-11,14H2,1-3H3,(H,23,26). The van der Waals surface area contributed by atoms with Gasteiger partial charge in [0.15, 0.2) is 11.5 Å². The van der Waals surface area contributed by atoms with Crippen LogP contribution in [0.3, 0.4) is 0 Å². The van der Waals surface area contributed by atoms with E-state index < -0.39 is 12.0 Å². The van der Waals surface area contributed by atoms with Crippen LogP contribution in [0.25, 0.3) is 0 Å². The van der Waals surface area contributed by atoms with Crippen LogP contribution in [0.2, 0.25) is 0 Å². The number of nitrogens with one attached hydrogen (secondary N) is 1. The molecule has 1 atom stereocenters. The molecule has 2 aromatic rings. The minimum absolute atomic E-state index is 0.295. The molecule has 7 heteroatoms. The molecular formula is C22H26N2O5. The molecular weight excluding hydrogens is 372 g/mol. The minimum Gasteiger partial charge on any atom is -0.493 e. The lowest BCUT2D eigenvalue weighted by Crippen LogP contribution is -2.50. The number of nitrogens with zero attached hydrogens (tertiary/aromatic N) is 1. The number of hydrogen-bond donors (Lipinski definition) is 1. The molecule has 1 N–H and O–H groups in total. The smallest absolute Gasteiger partial charge is 0.328 e. The van der Waals surface area contributed by atoms with Crippen LogP contribution in [0.1, 0.15) is 16.7 Å². The van der Waals surface area contributed by atoms with Crippen molar-refractivity contribution in [2.75, 3.05) is 27.9 Å². The van der Waals surface area contributed by atoms with Crippen LogP contribution in [0, 0.1) is 0 Å². The molecule has 0 fully saturated rings. The molecule has 0 saturated heterocycles. The summed E-state index contributed by atoms with van der Waals surface area (Å²) in [6.45, 7) is 0.980. The van der Waals surface area contributed by atoms with Crippen molar-refractivity contribution < 1.29 is 23.8 Å². The van der Waals surface area contributed by atoms with E-state index in [-0.39, 0.29) is 6.03 Å². The summed E-state index contributed by atoms with van der Waals surface area (Å²) in [6.07, 6.45) is 1.07. The van der Waals surface area contributed by atoms with E-state index in [2.05, 4.69) is 5.32 Å². The quantitative estimate of drug-likeness (QED) is 0.757. The molecule has 29 heavy (non-hydrogen) atoms. The highest BCUT2D eigenvalue weighted by atomic mass is 16.5. The predicted molar refractivity (Wildman–Crippen MR) is 108 cm³/mol. The number of carbonyl (C=O) groups excluding carboxylic acids is 2. The summed E-state index contributed by atoms with van der Waals surface area (Å²) in [7, 11) is 4.51. The molecule has 0 aromatic heterocycles. The Labute approximate surface area is 170 Å². The zero-order chi connectivity index (χ0) is 20.8. The molecule has 0 spiro atoms. The molecule has 0 saturated carbocycles. The fourth-order valence-electron chi connectivity index (χ4n) is 3.48. The number of fused-ring (bicyclic) bond motifs is 1. The lowest BCUT2D eigenvalue weighted by molar-refractivity contribution is -0.142. The molecule has 1 aliphatic heterocycles. The average Bonchev–Trinajstić information content (AvgIpc) is 2.77. The molecule has 2 amide bonds. The van der Waals surface area contributed by atoms with Crippen LogP contribution in [-0.2, 0) is 28.9 Å². The van der Waals surface area contributed by atoms with E-state index in [1.807, 2.05) is 42.5 Å². The van der Waals surface area contributed by atoms with Gasteiger partial charge in [-0.3, -0.25) is 0 Å². The fraction of sp³-hybridized carbons (Fsp3) is 0.364. The van der Waals surface area contributed by atoms with Gasteiger partial charge >= 0.3 is 12.0 Å². The average molecular weight is 398 g/mol. The molecule has 2 aromatic carbocycles. The van der Waals surface area contributed by atoms with Crippen LogP contribution in [0.15, 0.2) is 42.5 Å². The van der Waals surface area contributed by atoms with Gasteiger partial charge in [0.1, 0.15) is 6.04 Å². The monoisotopic (exact) mass is 398 g/mol. The van der Waals surface area contributed by atoms with Crippen LogP contribution < -0.4 is 14.8 Å². The number of urea groups is 1. The highest BCUT2D eigenvalue weighted by molar-refractivity contribution is 5.84. The Kier molecular flexibility index (Phi) is 6.59. The maximum Gasteiger partial charge on any atom is 0.328 e. The SMILES string of the molecule is COC(=O)C(Cc1ccccc1)NC(=O)N1CCc2cc(OC)c(OC)cc2C1. The van der Waals surface area contributed by atoms with Gasteiger partial charge in [-0.15, -0.1) is 0 Å². The normalized spacial score (nSPS) is 13.8. The Balaban J connectivity index is 1.72. The van der Waals surface area contributed by atoms with Crippen molar-refractivity contribution >= 4 is 12.0 Å². The van der Waals surface area contributed by atoms with Gasteiger partial charge in [-0.1, -0.05) is 30.3 Å². The van der Waals surface area contributed by atoms with E-state index in [9.17, 15) is 9.59 Å². The van der Waals surface area contributed by atoms with Crippen LogP contribution >= 0.6 is 0 Å². The third-order valence-electron chi connectivity index (χ3n) is 5.07. The molecule has 7 nitrogen and oxygen atoms in total. The van der Waals surface area contributed by atoms with Crippen molar-refractivity contribution in [3.05, 3.63) is 59.2 Å². The molecule has 0 aliphatic carbocycles. The molecule has 1 unspecified atom stereocenters. The van der Waals surface area contributed by atoms with Gasteiger partial charge in [0, 0.05) is 19.5 Å². The number of carbonyl (C=O) groups is 2. The van der Waals surface area contributed by atoms with Crippen LogP contribution in [-0.4, -0.2) is 50.8 Å². The number of hydrogen-bond acceptors (Lipinski definition) is 5. The van der Waals surface area contributed by atoms with Crippen molar-refractivity contribution in [2.24, 2.45) is 0 Å². The molecule has 1 heterocycles. The largest absolute Gasteiger partial charge is 0.493 e. The van der Waals surface area contributed by atoms with Crippen molar-refractivity contribution in [1.29, 1.82) is 0 Å². The predicted octanol–water partition coefficient (Wildman–Crippen LogP) is 2.56. The van der Waals surface area contributed by atoms with Crippen LogP contribution in [0.5, 0.6) is 11.5 Å². The first-order chi connectivity index (χ1) is 14.0. The highest BCUT2D eigenvalue weighted by Crippen LogP contribution is 2.33. The molecule has 0 radical (unpaired) electrons. The van der Waals surface area contributed by atoms with Gasteiger partial charge in [0.05, 0.1) is 21.3 Å². The molecule has 154 valence electrons. The lowest BCUT2D eigenvalue weighted by atomic mass is 9.99. The van der Waals surface area contributed by atoms with E-state index in [1.165, 1.54) is 7.11 Å². The van der Waals surface area contributed by atoms with E-state index in [0.29, 0.717) is 37.4 Å². The Morgan fingerprint density at radius 1 is 1.03 bits per heavy atom. The fourth-order valence-corrected chi connectivity index (χ4v) is 3.48. The Morgan fingerprint density at radius 3 is 2.31 bits per heavy atom. The van der Waals surface area contributed by atoms with E-state index in [4.69, 9.17) is 14.2 Å². The summed E-state index contributed by atoms with van der Waals surface area (Å²) in [5.74, 6) is 0.841. The number of amides is 2. The third-order valence-corrected chi connectivity index (χ3v) is 5.07. The zero-order valence-corrected chi connectivity index (χ0v) is 16.9. The Bertz CT molecular complexity index is 869. The van der Waals surface area contributed by atoms with Crippen molar-refractivity contribution in [3.8, 4) is 11.5 Å². The Hall–Kier alpha value is -3.22. The van der Waals surface area contributed by atoms with Gasteiger partial charge in [-0.05, 0) is 35.2 Å². The lowest BCUT2D eigenvalue weighted by Gasteiger charge is -2.31. The molecule has 0 bridgehead atoms. The minimum atomic E-state index is -0.748. The summed E-state index contributed by atoms with van der Waals surface area (Å²) in [6, 6.07) is 12.3. The molecule has 1 aliphatic rings. The zero-order valence-electron chi connectivity index (χ0n) is 16.9. The van der Waals surface area contributed by atoms with E-state index >= 15 is 0 Å². The van der Waals surface area contributed by atoms with Gasteiger partial charge in [0.25, 0.3) is 0 Å². The second kappa shape index (κ2) is 9.32. The van der Waals surface area contributed by atoms with Gasteiger partial charge in [-0.2, -0.15) is 0 Å². The number of methoxy groups -OCH3 is 3. The second-order valence-electron chi connectivity index (χ2n) is 6.86.